The third kappa shape index (κ3) is 5.82. The quantitative estimate of drug-likeness (QED) is 0.450. The van der Waals surface area contributed by atoms with Crippen LogP contribution in [0, 0.1) is 0 Å². The van der Waals surface area contributed by atoms with Gasteiger partial charge in [0.15, 0.2) is 11.7 Å². The summed E-state index contributed by atoms with van der Waals surface area (Å²) in [6.07, 6.45) is -0.280. The molecule has 1 aromatic carbocycles. The number of aromatic nitrogens is 3. The Balaban J connectivity index is 1.61. The van der Waals surface area contributed by atoms with Crippen LogP contribution >= 0.6 is 11.3 Å². The Bertz CT molecular complexity index is 964. The summed E-state index contributed by atoms with van der Waals surface area (Å²) >= 11 is 1.01. The molecule has 2 aromatic heterocycles. The molecule has 0 bridgehead atoms. The second kappa shape index (κ2) is 9.75. The number of thiazole rings is 1. The first-order chi connectivity index (χ1) is 14.4. The van der Waals surface area contributed by atoms with E-state index in [1.54, 1.807) is 6.20 Å². The number of alkyl halides is 3. The van der Waals surface area contributed by atoms with Gasteiger partial charge in [0.1, 0.15) is 0 Å². The van der Waals surface area contributed by atoms with E-state index in [0.29, 0.717) is 37.0 Å². The average molecular weight is 437 g/mol. The Morgan fingerprint density at radius 1 is 1.27 bits per heavy atom. The van der Waals surface area contributed by atoms with Gasteiger partial charge in [0.2, 0.25) is 0 Å². The first-order valence-electron chi connectivity index (χ1n) is 9.47. The van der Waals surface area contributed by atoms with Crippen LogP contribution in [-0.2, 0) is 19.1 Å². The van der Waals surface area contributed by atoms with E-state index < -0.39 is 11.9 Å². The van der Waals surface area contributed by atoms with Gasteiger partial charge in [0, 0.05) is 50.2 Å². The first-order valence-corrected chi connectivity index (χ1v) is 10.3. The molecule has 0 saturated heterocycles. The summed E-state index contributed by atoms with van der Waals surface area (Å²) in [5, 5.41) is 9.08. The Labute approximate surface area is 177 Å². The summed E-state index contributed by atoms with van der Waals surface area (Å²) in [4.78, 5) is 10.1. The molecule has 160 valence electrons. The van der Waals surface area contributed by atoms with Gasteiger partial charge in [-0.2, -0.15) is 18.3 Å². The molecule has 30 heavy (non-hydrogen) atoms. The van der Waals surface area contributed by atoms with Gasteiger partial charge in [-0.05, 0) is 19.1 Å². The Morgan fingerprint density at radius 2 is 2.03 bits per heavy atom. The van der Waals surface area contributed by atoms with Gasteiger partial charge >= 0.3 is 6.18 Å². The second-order valence-corrected chi connectivity index (χ2v) is 7.54. The summed E-state index contributed by atoms with van der Waals surface area (Å²) in [6, 6.07) is 9.83. The highest BCUT2D eigenvalue weighted by Crippen LogP contribution is 2.30. The molecule has 0 unspecified atom stereocenters. The van der Waals surface area contributed by atoms with E-state index in [1.165, 1.54) is 0 Å². The smallest absolute Gasteiger partial charge is 0.357 e. The van der Waals surface area contributed by atoms with Crippen LogP contribution in [-0.4, -0.2) is 45.8 Å². The number of guanidine groups is 1. The molecule has 1 N–H and O–H groups in total. The van der Waals surface area contributed by atoms with E-state index in [-0.39, 0.29) is 0 Å². The van der Waals surface area contributed by atoms with Crippen LogP contribution in [0.25, 0.3) is 5.69 Å². The lowest BCUT2D eigenvalue weighted by Gasteiger charge is -2.21. The highest BCUT2D eigenvalue weighted by Gasteiger charge is 2.33. The average Bonchev–Trinajstić information content (AvgIpc) is 3.37. The van der Waals surface area contributed by atoms with Crippen LogP contribution < -0.4 is 5.32 Å². The number of halogens is 3. The molecule has 0 fully saturated rings. The van der Waals surface area contributed by atoms with Gasteiger partial charge in [-0.1, -0.05) is 18.2 Å². The van der Waals surface area contributed by atoms with Gasteiger partial charge in [0.25, 0.3) is 0 Å². The summed E-state index contributed by atoms with van der Waals surface area (Å²) in [5.41, 5.74) is 1.15. The number of hydrogen-bond acceptors (Lipinski definition) is 4. The molecule has 0 saturated carbocycles. The fourth-order valence-electron chi connectivity index (χ4n) is 2.80. The van der Waals surface area contributed by atoms with Crippen molar-refractivity contribution in [1.82, 2.24) is 25.0 Å². The van der Waals surface area contributed by atoms with Gasteiger partial charge in [-0.25, -0.2) is 9.67 Å². The number of para-hydroxylation sites is 1. The molecule has 3 rings (SSSR count). The maximum atomic E-state index is 12.7. The largest absolute Gasteiger partial charge is 0.434 e. The van der Waals surface area contributed by atoms with Crippen LogP contribution in [0.1, 0.15) is 23.2 Å². The van der Waals surface area contributed by atoms with Gasteiger partial charge in [-0.15, -0.1) is 11.3 Å². The number of nitrogens with zero attached hydrogens (tertiary/aromatic N) is 5. The predicted molar refractivity (Wildman–Crippen MR) is 112 cm³/mol. The van der Waals surface area contributed by atoms with E-state index >= 15 is 0 Å². The molecule has 0 aliphatic heterocycles. The molecule has 0 spiro atoms. The number of aliphatic imine (C=N–C) groups is 1. The second-order valence-electron chi connectivity index (χ2n) is 6.59. The minimum absolute atomic E-state index is 0.348. The van der Waals surface area contributed by atoms with Crippen molar-refractivity contribution in [3.8, 4) is 5.69 Å². The molecule has 6 nitrogen and oxygen atoms in total. The van der Waals surface area contributed by atoms with Crippen LogP contribution in [0.15, 0.2) is 53.1 Å². The Kier molecular flexibility index (Phi) is 7.09. The Morgan fingerprint density at radius 3 is 2.70 bits per heavy atom. The number of benzene rings is 1. The van der Waals surface area contributed by atoms with Crippen LogP contribution in [0.2, 0.25) is 0 Å². The summed E-state index contributed by atoms with van der Waals surface area (Å²) < 4.78 is 39.8. The van der Waals surface area contributed by atoms with Crippen molar-refractivity contribution in [3.63, 3.8) is 0 Å². The zero-order valence-corrected chi connectivity index (χ0v) is 17.5. The lowest BCUT2D eigenvalue weighted by Crippen LogP contribution is -2.38. The van der Waals surface area contributed by atoms with Gasteiger partial charge < -0.3 is 10.2 Å². The molecule has 0 aliphatic carbocycles. The number of hydrogen-bond donors (Lipinski definition) is 1. The molecular weight excluding hydrogens is 413 g/mol. The van der Waals surface area contributed by atoms with Crippen LogP contribution in [0.3, 0.4) is 0 Å². The van der Waals surface area contributed by atoms with E-state index in [4.69, 9.17) is 0 Å². The minimum Gasteiger partial charge on any atom is -0.357 e. The maximum absolute atomic E-state index is 12.7. The van der Waals surface area contributed by atoms with Crippen molar-refractivity contribution >= 4 is 17.3 Å². The summed E-state index contributed by atoms with van der Waals surface area (Å²) in [7, 11) is 1.91. The first kappa shape index (κ1) is 21.8. The summed E-state index contributed by atoms with van der Waals surface area (Å²) in [5.74, 6) is 0.678. The lowest BCUT2D eigenvalue weighted by molar-refractivity contribution is -0.140. The van der Waals surface area contributed by atoms with Crippen molar-refractivity contribution in [1.29, 1.82) is 0 Å². The molecular formula is C20H23F3N6S. The van der Waals surface area contributed by atoms with Crippen molar-refractivity contribution < 1.29 is 13.2 Å². The van der Waals surface area contributed by atoms with E-state index in [0.717, 1.165) is 28.0 Å². The predicted octanol–water partition coefficient (Wildman–Crippen LogP) is 3.99. The molecule has 0 aliphatic rings. The van der Waals surface area contributed by atoms with Crippen molar-refractivity contribution in [2.75, 3.05) is 20.1 Å². The zero-order valence-electron chi connectivity index (χ0n) is 16.7. The Hall–Kier alpha value is -2.88. The zero-order chi connectivity index (χ0) is 21.6. The van der Waals surface area contributed by atoms with Gasteiger partial charge in [-0.3, -0.25) is 4.99 Å². The number of nitrogens with one attached hydrogen (secondary N) is 1. The topological polar surface area (TPSA) is 58.3 Å². The molecule has 10 heteroatoms. The summed E-state index contributed by atoms with van der Waals surface area (Å²) in [6.45, 7) is 3.59. The van der Waals surface area contributed by atoms with E-state index in [1.807, 2.05) is 60.1 Å². The van der Waals surface area contributed by atoms with E-state index in [9.17, 15) is 13.2 Å². The standard InChI is InChI=1S/C20H23F3N6S/c1-3-24-19(25-10-9-18-27-17(14-30-18)20(21,22)23)28(2)12-15-11-26-29(13-15)16-7-5-4-6-8-16/h4-8,11,13-14H,3,9-10,12H2,1-2H3,(H,24,25). The minimum atomic E-state index is -4.41. The maximum Gasteiger partial charge on any atom is 0.434 e. The molecule has 0 atom stereocenters. The van der Waals surface area contributed by atoms with Crippen molar-refractivity contribution in [2.45, 2.75) is 26.1 Å². The molecule has 0 radical (unpaired) electrons. The van der Waals surface area contributed by atoms with Crippen molar-refractivity contribution in [3.05, 3.63) is 64.4 Å². The van der Waals surface area contributed by atoms with Crippen molar-refractivity contribution in [2.24, 2.45) is 4.99 Å². The molecule has 2 heterocycles. The third-order valence-electron chi connectivity index (χ3n) is 4.20. The lowest BCUT2D eigenvalue weighted by atomic mass is 10.3. The monoisotopic (exact) mass is 436 g/mol. The molecule has 3 aromatic rings. The van der Waals surface area contributed by atoms with Crippen LogP contribution in [0.5, 0.6) is 0 Å². The third-order valence-corrected chi connectivity index (χ3v) is 5.11. The number of rotatable bonds is 7. The van der Waals surface area contributed by atoms with Crippen LogP contribution in [0.4, 0.5) is 13.2 Å². The fraction of sp³-hybridized carbons (Fsp3) is 0.350. The van der Waals surface area contributed by atoms with E-state index in [2.05, 4.69) is 20.4 Å². The normalized spacial score (nSPS) is 12.2. The highest BCUT2D eigenvalue weighted by atomic mass is 32.1. The highest BCUT2D eigenvalue weighted by molar-refractivity contribution is 7.09. The molecule has 0 amide bonds. The fourth-order valence-corrected chi connectivity index (χ4v) is 3.59. The SMILES string of the molecule is CCNC(=NCCc1nc(C(F)(F)F)cs1)N(C)Cc1cnn(-c2ccccc2)c1. The van der Waals surface area contributed by atoms with Gasteiger partial charge in [0.05, 0.1) is 16.9 Å².